The summed E-state index contributed by atoms with van der Waals surface area (Å²) in [5, 5.41) is 10.1. The lowest BCUT2D eigenvalue weighted by Crippen LogP contribution is -2.38. The first kappa shape index (κ1) is 9.18. The molecule has 2 aromatic heterocycles. The Balaban J connectivity index is 2.67. The molecular formula is C10H13N3O. The van der Waals surface area contributed by atoms with Gasteiger partial charge in [0.05, 0.1) is 17.8 Å². The van der Waals surface area contributed by atoms with Crippen molar-refractivity contribution in [1.29, 1.82) is 0 Å². The average Bonchev–Trinajstić information content (AvgIpc) is 2.64. The Morgan fingerprint density at radius 1 is 1.57 bits per heavy atom. The molecule has 0 bridgehead atoms. The van der Waals surface area contributed by atoms with Crippen molar-refractivity contribution < 1.29 is 5.11 Å². The fraction of sp³-hybridized carbons (Fsp3) is 0.300. The minimum atomic E-state index is -0.790. The normalized spacial score (nSPS) is 15.6. The fourth-order valence-corrected chi connectivity index (χ4v) is 1.51. The summed E-state index contributed by atoms with van der Waals surface area (Å²) in [6, 6.07) is 3.80. The highest BCUT2D eigenvalue weighted by Gasteiger charge is 2.24. The van der Waals surface area contributed by atoms with Gasteiger partial charge in [-0.2, -0.15) is 0 Å². The summed E-state index contributed by atoms with van der Waals surface area (Å²) in [6.07, 6.45) is 3.53. The first-order valence-corrected chi connectivity index (χ1v) is 4.47. The molecule has 0 spiro atoms. The van der Waals surface area contributed by atoms with E-state index in [1.807, 2.05) is 18.3 Å². The zero-order valence-corrected chi connectivity index (χ0v) is 7.99. The van der Waals surface area contributed by atoms with Crippen LogP contribution in [-0.2, 0) is 5.54 Å². The van der Waals surface area contributed by atoms with Gasteiger partial charge in [-0.1, -0.05) is 0 Å². The van der Waals surface area contributed by atoms with Crippen LogP contribution in [0.5, 0.6) is 0 Å². The van der Waals surface area contributed by atoms with E-state index in [1.165, 1.54) is 0 Å². The fourth-order valence-electron chi connectivity index (χ4n) is 1.51. The highest BCUT2D eigenvalue weighted by atomic mass is 16.3. The molecule has 0 aromatic carbocycles. The lowest BCUT2D eigenvalue weighted by Gasteiger charge is -2.21. The molecular weight excluding hydrogens is 178 g/mol. The Bertz CT molecular complexity index is 447. The number of hydrogen-bond donors (Lipinski definition) is 3. The number of nitrogens with one attached hydrogen (secondary N) is 1. The van der Waals surface area contributed by atoms with E-state index in [-0.39, 0.29) is 6.61 Å². The zero-order chi connectivity index (χ0) is 10.2. The molecule has 14 heavy (non-hydrogen) atoms. The number of rotatable bonds is 2. The van der Waals surface area contributed by atoms with Gasteiger partial charge in [-0.05, 0) is 19.1 Å². The molecule has 0 unspecified atom stereocenters. The lowest BCUT2D eigenvalue weighted by molar-refractivity contribution is 0.208. The Labute approximate surface area is 81.8 Å². The largest absolute Gasteiger partial charge is 0.394 e. The Morgan fingerprint density at radius 2 is 2.36 bits per heavy atom. The number of fused-ring (bicyclic) bond motifs is 1. The van der Waals surface area contributed by atoms with Crippen LogP contribution < -0.4 is 5.73 Å². The van der Waals surface area contributed by atoms with Crippen LogP contribution in [0.15, 0.2) is 24.5 Å². The SMILES string of the molecule is C[C@@](N)(CO)c1nccc2[nH]ccc12. The third-order valence-corrected chi connectivity index (χ3v) is 2.35. The molecule has 0 saturated heterocycles. The maximum atomic E-state index is 9.17. The van der Waals surface area contributed by atoms with Crippen LogP contribution in [0, 0.1) is 0 Å². The maximum absolute atomic E-state index is 9.17. The Kier molecular flexibility index (Phi) is 2.02. The maximum Gasteiger partial charge on any atom is 0.0796 e. The minimum absolute atomic E-state index is 0.121. The topological polar surface area (TPSA) is 74.9 Å². The standard InChI is InChI=1S/C10H13N3O/c1-10(11,6-14)9-7-2-4-12-8(7)3-5-13-9/h2-5,12,14H,6,11H2,1H3/t10-/m1/s1. The van der Waals surface area contributed by atoms with Gasteiger partial charge in [0.25, 0.3) is 0 Å². The molecule has 4 heteroatoms. The molecule has 4 N–H and O–H groups in total. The summed E-state index contributed by atoms with van der Waals surface area (Å²) in [7, 11) is 0. The first-order chi connectivity index (χ1) is 6.65. The highest BCUT2D eigenvalue weighted by Crippen LogP contribution is 2.23. The number of hydrogen-bond acceptors (Lipinski definition) is 3. The number of H-pyrrole nitrogens is 1. The van der Waals surface area contributed by atoms with Gasteiger partial charge in [-0.25, -0.2) is 0 Å². The summed E-state index contributed by atoms with van der Waals surface area (Å²) in [5.74, 6) is 0. The molecule has 0 aliphatic heterocycles. The molecule has 2 aromatic rings. The van der Waals surface area contributed by atoms with Crippen LogP contribution in [0.25, 0.3) is 10.9 Å². The van der Waals surface area contributed by atoms with Crippen molar-refractivity contribution in [3.8, 4) is 0 Å². The monoisotopic (exact) mass is 191 g/mol. The van der Waals surface area contributed by atoms with Gasteiger partial charge >= 0.3 is 0 Å². The third kappa shape index (κ3) is 1.29. The van der Waals surface area contributed by atoms with Crippen molar-refractivity contribution in [2.24, 2.45) is 5.73 Å². The molecule has 2 rings (SSSR count). The quantitative estimate of drug-likeness (QED) is 0.655. The summed E-state index contributed by atoms with van der Waals surface area (Å²) < 4.78 is 0. The third-order valence-electron chi connectivity index (χ3n) is 2.35. The van der Waals surface area contributed by atoms with Gasteiger partial charge in [0.1, 0.15) is 0 Å². The van der Waals surface area contributed by atoms with Crippen molar-refractivity contribution >= 4 is 10.9 Å². The van der Waals surface area contributed by atoms with Gasteiger partial charge in [-0.15, -0.1) is 0 Å². The second-order valence-electron chi connectivity index (χ2n) is 3.67. The number of nitrogens with two attached hydrogens (primary N) is 1. The van der Waals surface area contributed by atoms with Gasteiger partial charge in [-0.3, -0.25) is 4.98 Å². The van der Waals surface area contributed by atoms with E-state index in [0.29, 0.717) is 0 Å². The van der Waals surface area contributed by atoms with Gasteiger partial charge in [0, 0.05) is 23.3 Å². The van der Waals surface area contributed by atoms with Crippen LogP contribution in [0.1, 0.15) is 12.6 Å². The zero-order valence-electron chi connectivity index (χ0n) is 7.99. The van der Waals surface area contributed by atoms with E-state index in [2.05, 4.69) is 9.97 Å². The summed E-state index contributed by atoms with van der Waals surface area (Å²) in [5.41, 5.74) is 6.85. The molecule has 0 amide bonds. The molecule has 2 heterocycles. The predicted molar refractivity (Wildman–Crippen MR) is 54.7 cm³/mol. The number of aliphatic hydroxyl groups excluding tert-OH is 1. The molecule has 4 nitrogen and oxygen atoms in total. The predicted octanol–water partition coefficient (Wildman–Crippen LogP) is 0.729. The Morgan fingerprint density at radius 3 is 3.07 bits per heavy atom. The molecule has 0 fully saturated rings. The molecule has 74 valence electrons. The summed E-state index contributed by atoms with van der Waals surface area (Å²) >= 11 is 0. The highest BCUT2D eigenvalue weighted by molar-refractivity contribution is 5.82. The van der Waals surface area contributed by atoms with E-state index >= 15 is 0 Å². The van der Waals surface area contributed by atoms with Gasteiger partial charge < -0.3 is 15.8 Å². The minimum Gasteiger partial charge on any atom is -0.394 e. The summed E-state index contributed by atoms with van der Waals surface area (Å²) in [4.78, 5) is 7.30. The van der Waals surface area contributed by atoms with Crippen LogP contribution in [-0.4, -0.2) is 21.7 Å². The summed E-state index contributed by atoms with van der Waals surface area (Å²) in [6.45, 7) is 1.64. The van der Waals surface area contributed by atoms with Crippen molar-refractivity contribution in [1.82, 2.24) is 9.97 Å². The van der Waals surface area contributed by atoms with Crippen molar-refractivity contribution in [2.45, 2.75) is 12.5 Å². The average molecular weight is 191 g/mol. The van der Waals surface area contributed by atoms with E-state index in [4.69, 9.17) is 10.8 Å². The molecule has 0 aliphatic rings. The van der Waals surface area contributed by atoms with Crippen molar-refractivity contribution in [2.75, 3.05) is 6.61 Å². The van der Waals surface area contributed by atoms with E-state index in [1.54, 1.807) is 13.1 Å². The molecule has 0 saturated carbocycles. The van der Waals surface area contributed by atoms with Crippen LogP contribution in [0.2, 0.25) is 0 Å². The van der Waals surface area contributed by atoms with E-state index < -0.39 is 5.54 Å². The number of aromatic amines is 1. The van der Waals surface area contributed by atoms with Gasteiger partial charge in [0.2, 0.25) is 0 Å². The number of aromatic nitrogens is 2. The second-order valence-corrected chi connectivity index (χ2v) is 3.67. The van der Waals surface area contributed by atoms with Crippen LogP contribution in [0.3, 0.4) is 0 Å². The van der Waals surface area contributed by atoms with Gasteiger partial charge in [0.15, 0.2) is 0 Å². The first-order valence-electron chi connectivity index (χ1n) is 4.47. The van der Waals surface area contributed by atoms with Crippen LogP contribution in [0.4, 0.5) is 0 Å². The lowest BCUT2D eigenvalue weighted by atomic mass is 9.97. The van der Waals surface area contributed by atoms with Crippen LogP contribution >= 0.6 is 0 Å². The molecule has 1 atom stereocenters. The second kappa shape index (κ2) is 3.08. The van der Waals surface area contributed by atoms with E-state index in [9.17, 15) is 0 Å². The Hall–Kier alpha value is -1.39. The molecule has 0 radical (unpaired) electrons. The smallest absolute Gasteiger partial charge is 0.0796 e. The molecule has 0 aliphatic carbocycles. The van der Waals surface area contributed by atoms with Crippen molar-refractivity contribution in [3.63, 3.8) is 0 Å². The van der Waals surface area contributed by atoms with E-state index in [0.717, 1.165) is 16.6 Å². The number of nitrogens with zero attached hydrogens (tertiary/aromatic N) is 1. The number of aliphatic hydroxyl groups is 1. The van der Waals surface area contributed by atoms with Crippen molar-refractivity contribution in [3.05, 3.63) is 30.2 Å². The number of pyridine rings is 1.